The molecule has 0 aliphatic heterocycles. The lowest BCUT2D eigenvalue weighted by molar-refractivity contribution is 0.0723. The van der Waals surface area contributed by atoms with Crippen LogP contribution in [-0.4, -0.2) is 37.3 Å². The normalized spacial score (nSPS) is 10.7. The van der Waals surface area contributed by atoms with Crippen molar-refractivity contribution in [3.05, 3.63) is 35.4 Å². The van der Waals surface area contributed by atoms with Gasteiger partial charge in [-0.3, -0.25) is 4.79 Å². The van der Waals surface area contributed by atoms with Crippen LogP contribution in [0.2, 0.25) is 0 Å². The Hall–Kier alpha value is -3.42. The number of rotatable bonds is 4. The molecule has 0 heterocycles. The van der Waals surface area contributed by atoms with Gasteiger partial charge in [0.2, 0.25) is 5.75 Å². The van der Waals surface area contributed by atoms with Crippen LogP contribution >= 0.6 is 0 Å². The van der Waals surface area contributed by atoms with Crippen molar-refractivity contribution in [2.24, 2.45) is 5.92 Å². The Kier molecular flexibility index (Phi) is 4.73. The molecule has 2 rings (SSSR count). The lowest BCUT2D eigenvalue weighted by Gasteiger charge is -2.12. The fourth-order valence-corrected chi connectivity index (χ4v) is 2.05. The number of carbonyl (C=O) groups excluding carboxylic acids is 2. The first-order valence-corrected chi connectivity index (χ1v) is 7.19. The van der Waals surface area contributed by atoms with Crippen molar-refractivity contribution in [1.82, 2.24) is 0 Å². The average Bonchev–Trinajstić information content (AvgIpc) is 2.54. The first-order valence-electron chi connectivity index (χ1n) is 7.19. The Labute approximate surface area is 142 Å². The van der Waals surface area contributed by atoms with Crippen LogP contribution in [0.15, 0.2) is 24.3 Å². The van der Waals surface area contributed by atoms with E-state index in [1.807, 2.05) is 0 Å². The maximum atomic E-state index is 12.0. The minimum absolute atomic E-state index is 0.0460. The smallest absolute Gasteiger partial charge is 0.344 e. The first kappa shape index (κ1) is 17.9. The van der Waals surface area contributed by atoms with Crippen molar-refractivity contribution in [1.29, 1.82) is 0 Å². The largest absolute Gasteiger partial charge is 0.504 e. The minimum atomic E-state index is -1.13. The molecule has 25 heavy (non-hydrogen) atoms. The minimum Gasteiger partial charge on any atom is -0.504 e. The van der Waals surface area contributed by atoms with Crippen molar-refractivity contribution in [3.8, 4) is 34.5 Å². The van der Waals surface area contributed by atoms with Crippen LogP contribution < -0.4 is 4.74 Å². The summed E-state index contributed by atoms with van der Waals surface area (Å²) in [5, 5.41) is 47.9. The topological polar surface area (TPSA) is 145 Å². The average molecular weight is 348 g/mol. The van der Waals surface area contributed by atoms with E-state index in [9.17, 15) is 35.1 Å². The maximum Gasteiger partial charge on any atom is 0.344 e. The molecule has 132 valence electrons. The Bertz CT molecular complexity index is 808. The van der Waals surface area contributed by atoms with Gasteiger partial charge in [-0.25, -0.2) is 4.79 Å². The molecule has 0 aliphatic carbocycles. The molecule has 0 unspecified atom stereocenters. The lowest BCUT2D eigenvalue weighted by Crippen LogP contribution is -2.10. The summed E-state index contributed by atoms with van der Waals surface area (Å²) in [7, 11) is 0. The number of carbonyl (C=O) groups is 2. The van der Waals surface area contributed by atoms with Crippen molar-refractivity contribution in [3.63, 3.8) is 0 Å². The van der Waals surface area contributed by atoms with E-state index in [1.165, 1.54) is 0 Å². The van der Waals surface area contributed by atoms with Gasteiger partial charge in [0.25, 0.3) is 0 Å². The molecule has 5 N–H and O–H groups in total. The van der Waals surface area contributed by atoms with E-state index in [2.05, 4.69) is 0 Å². The van der Waals surface area contributed by atoms with Gasteiger partial charge in [0, 0.05) is 11.5 Å². The van der Waals surface area contributed by atoms with Crippen LogP contribution in [-0.2, 0) is 0 Å². The maximum absolute atomic E-state index is 12.0. The SMILES string of the molecule is CC(C)C(=O)c1cc(O)c(OC(=O)c2cc(O)c(O)c(O)c2)c(O)c1. The molecule has 0 bridgehead atoms. The number of phenols is 5. The summed E-state index contributed by atoms with van der Waals surface area (Å²) in [5.41, 5.74) is -0.293. The van der Waals surface area contributed by atoms with Gasteiger partial charge in [0.15, 0.2) is 34.5 Å². The second-order valence-electron chi connectivity index (χ2n) is 5.62. The van der Waals surface area contributed by atoms with E-state index in [0.29, 0.717) is 0 Å². The summed E-state index contributed by atoms with van der Waals surface area (Å²) in [4.78, 5) is 23.9. The Morgan fingerprint density at radius 2 is 1.24 bits per heavy atom. The number of hydrogen-bond donors (Lipinski definition) is 5. The number of hydrogen-bond acceptors (Lipinski definition) is 8. The highest BCUT2D eigenvalue weighted by Crippen LogP contribution is 2.39. The molecule has 2 aromatic rings. The third kappa shape index (κ3) is 3.57. The van der Waals surface area contributed by atoms with Gasteiger partial charge in [0.05, 0.1) is 5.56 Å². The van der Waals surface area contributed by atoms with Crippen molar-refractivity contribution >= 4 is 11.8 Å². The number of phenolic OH excluding ortho intramolecular Hbond substituents is 5. The number of esters is 1. The van der Waals surface area contributed by atoms with Gasteiger partial charge in [-0.15, -0.1) is 0 Å². The van der Waals surface area contributed by atoms with E-state index < -0.39 is 40.5 Å². The molecule has 0 saturated heterocycles. The summed E-state index contributed by atoms with van der Waals surface area (Å²) in [6.07, 6.45) is 0. The lowest BCUT2D eigenvalue weighted by atomic mass is 10.0. The zero-order valence-electron chi connectivity index (χ0n) is 13.3. The predicted molar refractivity (Wildman–Crippen MR) is 85.3 cm³/mol. The molecule has 0 radical (unpaired) electrons. The monoisotopic (exact) mass is 348 g/mol. The summed E-state index contributed by atoms with van der Waals surface area (Å²) in [5.74, 6) is -5.98. The van der Waals surface area contributed by atoms with Gasteiger partial charge in [0.1, 0.15) is 0 Å². The van der Waals surface area contributed by atoms with Crippen LogP contribution in [0.5, 0.6) is 34.5 Å². The quantitative estimate of drug-likeness (QED) is 0.245. The van der Waals surface area contributed by atoms with E-state index >= 15 is 0 Å². The van der Waals surface area contributed by atoms with Crippen LogP contribution in [0, 0.1) is 5.92 Å². The van der Waals surface area contributed by atoms with E-state index in [-0.39, 0.29) is 22.8 Å². The summed E-state index contributed by atoms with van der Waals surface area (Å²) < 4.78 is 4.85. The summed E-state index contributed by atoms with van der Waals surface area (Å²) in [6.45, 7) is 3.29. The van der Waals surface area contributed by atoms with Crippen LogP contribution in [0.4, 0.5) is 0 Å². The summed E-state index contributed by atoms with van der Waals surface area (Å²) >= 11 is 0. The Balaban J connectivity index is 2.34. The van der Waals surface area contributed by atoms with Crippen molar-refractivity contribution in [2.45, 2.75) is 13.8 Å². The predicted octanol–water partition coefficient (Wildman–Crippen LogP) is 2.27. The van der Waals surface area contributed by atoms with Gasteiger partial charge < -0.3 is 30.3 Å². The van der Waals surface area contributed by atoms with Gasteiger partial charge >= 0.3 is 5.97 Å². The van der Waals surface area contributed by atoms with Crippen molar-refractivity contribution in [2.75, 3.05) is 0 Å². The Morgan fingerprint density at radius 3 is 1.68 bits per heavy atom. The molecule has 0 atom stereocenters. The molecule has 8 heteroatoms. The zero-order valence-corrected chi connectivity index (χ0v) is 13.3. The molecule has 0 aromatic heterocycles. The molecule has 2 aromatic carbocycles. The fraction of sp³-hybridized carbons (Fsp3) is 0.176. The molecule has 0 amide bonds. The van der Waals surface area contributed by atoms with E-state index in [0.717, 1.165) is 24.3 Å². The third-order valence-electron chi connectivity index (χ3n) is 3.36. The third-order valence-corrected chi connectivity index (χ3v) is 3.36. The molecular weight excluding hydrogens is 332 g/mol. The highest BCUT2D eigenvalue weighted by atomic mass is 16.5. The highest BCUT2D eigenvalue weighted by molar-refractivity contribution is 5.99. The standard InChI is InChI=1S/C17H16O8/c1-7(2)14(22)8-3-12(20)16(13(21)4-8)25-17(24)9-5-10(18)15(23)11(19)6-9/h3-7,18-21,23H,1-2H3. The molecule has 0 fully saturated rings. The molecule has 8 nitrogen and oxygen atoms in total. The van der Waals surface area contributed by atoms with Crippen LogP contribution in [0.25, 0.3) is 0 Å². The molecule has 0 spiro atoms. The fourth-order valence-electron chi connectivity index (χ4n) is 2.05. The highest BCUT2D eigenvalue weighted by Gasteiger charge is 2.21. The zero-order chi connectivity index (χ0) is 18.9. The second-order valence-corrected chi connectivity index (χ2v) is 5.62. The first-order chi connectivity index (χ1) is 11.6. The summed E-state index contributed by atoms with van der Waals surface area (Å²) in [6, 6.07) is 3.77. The van der Waals surface area contributed by atoms with Crippen LogP contribution in [0.3, 0.4) is 0 Å². The number of aromatic hydroxyl groups is 5. The van der Waals surface area contributed by atoms with Gasteiger partial charge in [-0.05, 0) is 24.3 Å². The number of Topliss-reactive ketones (excluding diaryl/α,β-unsaturated/α-hetero) is 1. The van der Waals surface area contributed by atoms with Crippen LogP contribution in [0.1, 0.15) is 34.6 Å². The Morgan fingerprint density at radius 1 is 0.800 bits per heavy atom. The second kappa shape index (κ2) is 6.60. The van der Waals surface area contributed by atoms with Gasteiger partial charge in [-0.1, -0.05) is 13.8 Å². The van der Waals surface area contributed by atoms with Gasteiger partial charge in [-0.2, -0.15) is 0 Å². The number of benzene rings is 2. The molecular formula is C17H16O8. The van der Waals surface area contributed by atoms with E-state index in [1.54, 1.807) is 13.8 Å². The number of ether oxygens (including phenoxy) is 1. The number of ketones is 1. The molecule has 0 aliphatic rings. The van der Waals surface area contributed by atoms with E-state index in [4.69, 9.17) is 4.74 Å². The molecule has 0 saturated carbocycles. The van der Waals surface area contributed by atoms with Crippen molar-refractivity contribution < 1.29 is 39.9 Å².